The van der Waals surface area contributed by atoms with Gasteiger partial charge in [0.1, 0.15) is 6.04 Å². The molecule has 5 heteroatoms. The summed E-state index contributed by atoms with van der Waals surface area (Å²) in [6, 6.07) is 15.6. The van der Waals surface area contributed by atoms with Crippen LogP contribution >= 0.6 is 12.2 Å². The summed E-state index contributed by atoms with van der Waals surface area (Å²) in [7, 11) is 0. The van der Waals surface area contributed by atoms with Gasteiger partial charge in [0.15, 0.2) is 5.11 Å². The molecule has 0 spiro atoms. The third kappa shape index (κ3) is 2.57. The van der Waals surface area contributed by atoms with Crippen molar-refractivity contribution in [1.82, 2.24) is 5.32 Å². The number of hydrogen-bond acceptors (Lipinski definition) is 3. The van der Waals surface area contributed by atoms with E-state index in [0.29, 0.717) is 11.5 Å². The highest BCUT2D eigenvalue weighted by molar-refractivity contribution is 7.80. The summed E-state index contributed by atoms with van der Waals surface area (Å²) in [5, 5.41) is 6.99. The molecule has 2 N–H and O–H groups in total. The van der Waals surface area contributed by atoms with Crippen LogP contribution in [-0.4, -0.2) is 23.6 Å². The fourth-order valence-electron chi connectivity index (χ4n) is 3.21. The first-order valence-electron chi connectivity index (χ1n) is 7.77. The number of anilines is 2. The van der Waals surface area contributed by atoms with Crippen molar-refractivity contribution in [3.63, 3.8) is 0 Å². The van der Waals surface area contributed by atoms with Crippen LogP contribution in [0.1, 0.15) is 11.1 Å². The number of carbonyl (C=O) groups excluding carboxylic acids is 1. The molecule has 0 saturated carbocycles. The van der Waals surface area contributed by atoms with E-state index in [1.165, 1.54) is 11.3 Å². The van der Waals surface area contributed by atoms with E-state index >= 15 is 0 Å². The van der Waals surface area contributed by atoms with Gasteiger partial charge in [0.2, 0.25) is 0 Å². The van der Waals surface area contributed by atoms with E-state index in [1.54, 1.807) is 4.90 Å². The van der Waals surface area contributed by atoms with E-state index in [0.717, 1.165) is 24.2 Å². The van der Waals surface area contributed by atoms with Crippen molar-refractivity contribution >= 4 is 34.6 Å². The summed E-state index contributed by atoms with van der Waals surface area (Å²) < 4.78 is 0. The lowest BCUT2D eigenvalue weighted by atomic mass is 10.0. The second kappa shape index (κ2) is 5.66. The summed E-state index contributed by atoms with van der Waals surface area (Å²) >= 11 is 5.36. The minimum Gasteiger partial charge on any atom is -0.384 e. The van der Waals surface area contributed by atoms with Crippen molar-refractivity contribution in [2.45, 2.75) is 18.9 Å². The van der Waals surface area contributed by atoms with E-state index in [9.17, 15) is 4.79 Å². The number of carbonyl (C=O) groups is 1. The maximum atomic E-state index is 12.7. The first-order valence-corrected chi connectivity index (χ1v) is 8.18. The van der Waals surface area contributed by atoms with Gasteiger partial charge in [-0.1, -0.05) is 30.3 Å². The van der Waals surface area contributed by atoms with E-state index in [4.69, 9.17) is 12.2 Å². The molecule has 4 nitrogen and oxygen atoms in total. The summed E-state index contributed by atoms with van der Waals surface area (Å²) in [6.07, 6.45) is 1.69. The number of rotatable bonds is 3. The zero-order valence-corrected chi connectivity index (χ0v) is 13.4. The normalized spacial score (nSPS) is 19.5. The number of hydrogen-bond donors (Lipinski definition) is 2. The van der Waals surface area contributed by atoms with Crippen LogP contribution < -0.4 is 15.5 Å². The Bertz CT molecular complexity index is 775. The van der Waals surface area contributed by atoms with Gasteiger partial charge in [0.05, 0.1) is 5.69 Å². The second-order valence-electron chi connectivity index (χ2n) is 5.88. The van der Waals surface area contributed by atoms with Gasteiger partial charge in [-0.3, -0.25) is 9.69 Å². The van der Waals surface area contributed by atoms with Crippen LogP contribution in [0.4, 0.5) is 11.4 Å². The topological polar surface area (TPSA) is 44.4 Å². The standard InChI is InChI=1S/C18H17N3OS/c22-17-16(11-12-6-7-15-13(10-12)8-9-19-15)20-18(23)21(17)14-4-2-1-3-5-14/h1-7,10,16,19H,8-9,11H2,(H,20,23). The number of para-hydroxylation sites is 1. The average molecular weight is 323 g/mol. The molecule has 1 fully saturated rings. The Balaban J connectivity index is 1.54. The van der Waals surface area contributed by atoms with Crippen molar-refractivity contribution in [1.29, 1.82) is 0 Å². The Morgan fingerprint density at radius 1 is 1.17 bits per heavy atom. The molecule has 1 atom stereocenters. The zero-order chi connectivity index (χ0) is 15.8. The highest BCUT2D eigenvalue weighted by Gasteiger charge is 2.36. The molecule has 23 heavy (non-hydrogen) atoms. The Morgan fingerprint density at radius 3 is 2.83 bits per heavy atom. The monoisotopic (exact) mass is 323 g/mol. The molecule has 1 amide bonds. The fraction of sp³-hybridized carbons (Fsp3) is 0.222. The molecule has 1 saturated heterocycles. The average Bonchev–Trinajstić information content (AvgIpc) is 3.13. The van der Waals surface area contributed by atoms with Crippen molar-refractivity contribution < 1.29 is 4.79 Å². The van der Waals surface area contributed by atoms with Gasteiger partial charge < -0.3 is 10.6 Å². The van der Waals surface area contributed by atoms with Gasteiger partial charge in [-0.05, 0) is 48.0 Å². The maximum absolute atomic E-state index is 12.7. The van der Waals surface area contributed by atoms with Crippen molar-refractivity contribution in [3.8, 4) is 0 Å². The first-order chi connectivity index (χ1) is 11.2. The molecule has 0 aliphatic carbocycles. The molecule has 0 bridgehead atoms. The van der Waals surface area contributed by atoms with Crippen LogP contribution in [0.15, 0.2) is 48.5 Å². The number of benzene rings is 2. The molecule has 0 aromatic heterocycles. The predicted octanol–water partition coefficient (Wildman–Crippen LogP) is 2.49. The van der Waals surface area contributed by atoms with Crippen LogP contribution in [0.5, 0.6) is 0 Å². The SMILES string of the molecule is O=C1C(Cc2ccc3c(c2)CCN3)NC(=S)N1c1ccccc1. The fourth-order valence-corrected chi connectivity index (χ4v) is 3.55. The quantitative estimate of drug-likeness (QED) is 0.852. The Kier molecular flexibility index (Phi) is 3.50. The lowest BCUT2D eigenvalue weighted by Gasteiger charge is -2.14. The van der Waals surface area contributed by atoms with E-state index in [1.807, 2.05) is 30.3 Å². The number of fused-ring (bicyclic) bond motifs is 1. The highest BCUT2D eigenvalue weighted by Crippen LogP contribution is 2.25. The Morgan fingerprint density at radius 2 is 2.00 bits per heavy atom. The molecule has 116 valence electrons. The molecule has 2 aliphatic heterocycles. The van der Waals surface area contributed by atoms with Gasteiger partial charge in [0.25, 0.3) is 5.91 Å². The van der Waals surface area contributed by atoms with Crippen molar-refractivity contribution in [2.75, 3.05) is 16.8 Å². The summed E-state index contributed by atoms with van der Waals surface area (Å²) in [4.78, 5) is 14.3. The highest BCUT2D eigenvalue weighted by atomic mass is 32.1. The molecular weight excluding hydrogens is 306 g/mol. The molecule has 2 aromatic rings. The predicted molar refractivity (Wildman–Crippen MR) is 95.8 cm³/mol. The number of nitrogens with zero attached hydrogens (tertiary/aromatic N) is 1. The van der Waals surface area contributed by atoms with Gasteiger partial charge in [-0.25, -0.2) is 0 Å². The van der Waals surface area contributed by atoms with Crippen LogP contribution in [0.3, 0.4) is 0 Å². The second-order valence-corrected chi connectivity index (χ2v) is 6.27. The molecular formula is C18H17N3OS. The van der Waals surface area contributed by atoms with Crippen LogP contribution in [0.25, 0.3) is 0 Å². The number of amides is 1. The number of nitrogens with one attached hydrogen (secondary N) is 2. The number of thiocarbonyl (C=S) groups is 1. The van der Waals surface area contributed by atoms with Gasteiger partial charge in [-0.2, -0.15) is 0 Å². The third-order valence-corrected chi connectivity index (χ3v) is 4.65. The summed E-state index contributed by atoms with van der Waals surface area (Å²) in [5.41, 5.74) is 4.52. The first kappa shape index (κ1) is 14.2. The van der Waals surface area contributed by atoms with E-state index in [2.05, 4.69) is 28.8 Å². The lowest BCUT2D eigenvalue weighted by molar-refractivity contribution is -0.118. The van der Waals surface area contributed by atoms with Crippen molar-refractivity contribution in [2.24, 2.45) is 0 Å². The Labute approximate surface area is 140 Å². The lowest BCUT2D eigenvalue weighted by Crippen LogP contribution is -2.32. The van der Waals surface area contributed by atoms with Gasteiger partial charge in [-0.15, -0.1) is 0 Å². The molecule has 0 radical (unpaired) electrons. The largest absolute Gasteiger partial charge is 0.384 e. The van der Waals surface area contributed by atoms with Crippen LogP contribution in [0.2, 0.25) is 0 Å². The van der Waals surface area contributed by atoms with Gasteiger partial charge in [0, 0.05) is 18.7 Å². The van der Waals surface area contributed by atoms with Crippen LogP contribution in [-0.2, 0) is 17.6 Å². The smallest absolute Gasteiger partial charge is 0.256 e. The molecule has 1 unspecified atom stereocenters. The van der Waals surface area contributed by atoms with Crippen LogP contribution in [0, 0.1) is 0 Å². The van der Waals surface area contributed by atoms with Gasteiger partial charge >= 0.3 is 0 Å². The van der Waals surface area contributed by atoms with E-state index in [-0.39, 0.29) is 11.9 Å². The third-order valence-electron chi connectivity index (χ3n) is 4.35. The molecule has 2 aliphatic rings. The summed E-state index contributed by atoms with van der Waals surface area (Å²) in [6.45, 7) is 0.991. The Hall–Kier alpha value is -2.40. The molecule has 2 heterocycles. The maximum Gasteiger partial charge on any atom is 0.256 e. The van der Waals surface area contributed by atoms with E-state index < -0.39 is 0 Å². The minimum absolute atomic E-state index is 0.0137. The summed E-state index contributed by atoms with van der Waals surface area (Å²) in [5.74, 6) is 0.0137. The zero-order valence-electron chi connectivity index (χ0n) is 12.6. The molecule has 4 rings (SSSR count). The minimum atomic E-state index is -0.296. The molecule has 2 aromatic carbocycles. The van der Waals surface area contributed by atoms with Crippen molar-refractivity contribution in [3.05, 3.63) is 59.7 Å².